The van der Waals surface area contributed by atoms with Gasteiger partial charge in [-0.1, -0.05) is 0 Å². The summed E-state index contributed by atoms with van der Waals surface area (Å²) >= 11 is 0. The highest BCUT2D eigenvalue weighted by molar-refractivity contribution is 5.25. The van der Waals surface area contributed by atoms with Crippen LogP contribution in [0.3, 0.4) is 0 Å². The smallest absolute Gasteiger partial charge is 0.200 e. The normalized spacial score (nSPS) is 17.7. The van der Waals surface area contributed by atoms with Crippen molar-refractivity contribution in [1.29, 1.82) is 0 Å². The van der Waals surface area contributed by atoms with Gasteiger partial charge in [0.1, 0.15) is 0 Å². The van der Waals surface area contributed by atoms with Gasteiger partial charge in [-0.2, -0.15) is 0 Å². The van der Waals surface area contributed by atoms with Gasteiger partial charge in [0.25, 0.3) is 0 Å². The number of nitrogens with zero attached hydrogens (tertiary/aromatic N) is 2. The Morgan fingerprint density at radius 1 is 1.70 bits per heavy atom. The lowest BCUT2D eigenvalue weighted by Gasteiger charge is -1.87. The monoisotopic (exact) mass is 137 g/mol. The summed E-state index contributed by atoms with van der Waals surface area (Å²) in [5, 5.41) is 0. The Hall–Kier alpha value is -0.990. The molecule has 10 heavy (non-hydrogen) atoms. The third-order valence-corrected chi connectivity index (χ3v) is 1.93. The molecule has 0 unspecified atom stereocenters. The number of imidazole rings is 1. The molecule has 3 nitrogen and oxygen atoms in total. The largest absolute Gasteiger partial charge is 0.369 e. The van der Waals surface area contributed by atoms with Crippen LogP contribution in [0.25, 0.3) is 0 Å². The van der Waals surface area contributed by atoms with Crippen molar-refractivity contribution >= 4 is 5.95 Å². The van der Waals surface area contributed by atoms with E-state index in [4.69, 9.17) is 5.73 Å². The molecular formula is C7H11N3. The third kappa shape index (κ3) is 0.781. The van der Waals surface area contributed by atoms with Crippen LogP contribution in [0.2, 0.25) is 0 Å². The summed E-state index contributed by atoms with van der Waals surface area (Å²) in [5.41, 5.74) is 6.72. The van der Waals surface area contributed by atoms with Crippen molar-refractivity contribution in [2.45, 2.75) is 18.8 Å². The van der Waals surface area contributed by atoms with Crippen LogP contribution in [0.5, 0.6) is 0 Å². The van der Waals surface area contributed by atoms with E-state index in [1.807, 2.05) is 17.8 Å². The predicted molar refractivity (Wildman–Crippen MR) is 39.6 cm³/mol. The quantitative estimate of drug-likeness (QED) is 0.624. The molecule has 0 aliphatic heterocycles. The van der Waals surface area contributed by atoms with E-state index in [2.05, 4.69) is 4.98 Å². The van der Waals surface area contributed by atoms with Gasteiger partial charge in [0.05, 0.1) is 5.69 Å². The highest BCUT2D eigenvalue weighted by atomic mass is 15.1. The first-order valence-corrected chi connectivity index (χ1v) is 3.56. The summed E-state index contributed by atoms with van der Waals surface area (Å²) in [6.45, 7) is 0. The Morgan fingerprint density at radius 3 is 2.80 bits per heavy atom. The maximum Gasteiger partial charge on any atom is 0.200 e. The minimum Gasteiger partial charge on any atom is -0.369 e. The molecule has 3 heteroatoms. The van der Waals surface area contributed by atoms with Crippen LogP contribution in [-0.4, -0.2) is 9.55 Å². The number of anilines is 1. The molecule has 1 aliphatic carbocycles. The lowest BCUT2D eigenvalue weighted by atomic mass is 10.3. The second-order valence-corrected chi connectivity index (χ2v) is 2.91. The molecule has 0 saturated heterocycles. The lowest BCUT2D eigenvalue weighted by Crippen LogP contribution is -1.94. The molecule has 1 heterocycles. The van der Waals surface area contributed by atoms with Crippen LogP contribution in [0, 0.1) is 0 Å². The van der Waals surface area contributed by atoms with Crippen LogP contribution in [0.15, 0.2) is 6.20 Å². The van der Waals surface area contributed by atoms with Crippen molar-refractivity contribution in [1.82, 2.24) is 9.55 Å². The molecule has 0 spiro atoms. The molecule has 0 amide bonds. The van der Waals surface area contributed by atoms with Gasteiger partial charge in [0.2, 0.25) is 0 Å². The van der Waals surface area contributed by atoms with Crippen molar-refractivity contribution in [2.75, 3.05) is 5.73 Å². The number of hydrogen-bond acceptors (Lipinski definition) is 2. The highest BCUT2D eigenvalue weighted by Crippen LogP contribution is 2.39. The molecule has 1 fully saturated rings. The van der Waals surface area contributed by atoms with Crippen molar-refractivity contribution < 1.29 is 0 Å². The molecule has 0 bridgehead atoms. The number of nitrogen functional groups attached to an aromatic ring is 1. The fourth-order valence-corrected chi connectivity index (χ4v) is 1.08. The Morgan fingerprint density at radius 2 is 2.40 bits per heavy atom. The molecule has 0 aromatic carbocycles. The summed E-state index contributed by atoms with van der Waals surface area (Å²) in [6, 6.07) is 0. The van der Waals surface area contributed by atoms with E-state index in [-0.39, 0.29) is 0 Å². The fraction of sp³-hybridized carbons (Fsp3) is 0.571. The average molecular weight is 137 g/mol. The van der Waals surface area contributed by atoms with Crippen molar-refractivity contribution in [3.63, 3.8) is 0 Å². The summed E-state index contributed by atoms with van der Waals surface area (Å²) in [4.78, 5) is 4.21. The highest BCUT2D eigenvalue weighted by Gasteiger charge is 2.26. The fourth-order valence-electron chi connectivity index (χ4n) is 1.08. The van der Waals surface area contributed by atoms with Crippen molar-refractivity contribution in [3.8, 4) is 0 Å². The Kier molecular flexibility index (Phi) is 1.01. The molecule has 54 valence electrons. The van der Waals surface area contributed by atoms with Crippen LogP contribution in [0.4, 0.5) is 5.95 Å². The van der Waals surface area contributed by atoms with Crippen molar-refractivity contribution in [3.05, 3.63) is 11.9 Å². The van der Waals surface area contributed by atoms with E-state index >= 15 is 0 Å². The third-order valence-electron chi connectivity index (χ3n) is 1.93. The zero-order chi connectivity index (χ0) is 7.14. The molecule has 0 radical (unpaired) electrons. The molecule has 1 aromatic heterocycles. The van der Waals surface area contributed by atoms with Gasteiger partial charge in [-0.15, -0.1) is 0 Å². The first-order chi connectivity index (χ1) is 4.77. The minimum absolute atomic E-state index is 0.627. The maximum atomic E-state index is 5.56. The van der Waals surface area contributed by atoms with E-state index < -0.39 is 0 Å². The molecule has 1 aliphatic rings. The van der Waals surface area contributed by atoms with Crippen LogP contribution < -0.4 is 5.73 Å². The zero-order valence-electron chi connectivity index (χ0n) is 6.04. The van der Waals surface area contributed by atoms with Gasteiger partial charge in [-0.3, -0.25) is 0 Å². The lowest BCUT2D eigenvalue weighted by molar-refractivity contribution is 0.927. The van der Waals surface area contributed by atoms with Crippen LogP contribution >= 0.6 is 0 Å². The average Bonchev–Trinajstić information content (AvgIpc) is 2.64. The summed E-state index contributed by atoms with van der Waals surface area (Å²) in [6.07, 6.45) is 4.60. The molecular weight excluding hydrogens is 126 g/mol. The molecule has 1 aromatic rings. The molecule has 2 rings (SSSR count). The maximum absolute atomic E-state index is 5.56. The van der Waals surface area contributed by atoms with Gasteiger partial charge in [0, 0.05) is 19.2 Å². The van der Waals surface area contributed by atoms with E-state index in [1.54, 1.807) is 0 Å². The van der Waals surface area contributed by atoms with Gasteiger partial charge < -0.3 is 10.3 Å². The predicted octanol–water partition coefficient (Wildman–Crippen LogP) is 0.880. The van der Waals surface area contributed by atoms with Crippen LogP contribution in [0.1, 0.15) is 24.5 Å². The number of aryl methyl sites for hydroxylation is 1. The van der Waals surface area contributed by atoms with E-state index in [0.29, 0.717) is 11.9 Å². The van der Waals surface area contributed by atoms with E-state index in [0.717, 1.165) is 0 Å². The van der Waals surface area contributed by atoms with Crippen LogP contribution in [-0.2, 0) is 7.05 Å². The summed E-state index contributed by atoms with van der Waals surface area (Å²) < 4.78 is 1.87. The second kappa shape index (κ2) is 1.75. The zero-order valence-corrected chi connectivity index (χ0v) is 6.04. The Balaban J connectivity index is 2.34. The van der Waals surface area contributed by atoms with Crippen molar-refractivity contribution in [2.24, 2.45) is 7.05 Å². The first kappa shape index (κ1) is 5.77. The summed E-state index contributed by atoms with van der Waals surface area (Å²) in [5.74, 6) is 1.34. The topological polar surface area (TPSA) is 43.8 Å². The van der Waals surface area contributed by atoms with Gasteiger partial charge in [-0.05, 0) is 12.8 Å². The second-order valence-electron chi connectivity index (χ2n) is 2.91. The van der Waals surface area contributed by atoms with E-state index in [1.165, 1.54) is 18.5 Å². The minimum atomic E-state index is 0.627. The standard InChI is InChI=1S/C7H11N3/c1-10-4-6(5-2-3-5)9-7(10)8/h4-5H,2-3H2,1H3,(H2,8,9). The SMILES string of the molecule is Cn1cc(C2CC2)nc1N. The van der Waals surface area contributed by atoms with Gasteiger partial charge in [0.15, 0.2) is 5.95 Å². The molecule has 0 atom stereocenters. The number of hydrogen-bond donors (Lipinski definition) is 1. The number of aromatic nitrogens is 2. The molecule has 2 N–H and O–H groups in total. The van der Waals surface area contributed by atoms with E-state index in [9.17, 15) is 0 Å². The first-order valence-electron chi connectivity index (χ1n) is 3.56. The number of nitrogens with two attached hydrogens (primary N) is 1. The van der Waals surface area contributed by atoms with Gasteiger partial charge >= 0.3 is 0 Å². The molecule has 1 saturated carbocycles. The van der Waals surface area contributed by atoms with Gasteiger partial charge in [-0.25, -0.2) is 4.98 Å². The Labute approximate surface area is 59.9 Å². The summed E-state index contributed by atoms with van der Waals surface area (Å²) in [7, 11) is 1.92. The Bertz CT molecular complexity index is 228. The number of rotatable bonds is 1.